The van der Waals surface area contributed by atoms with Gasteiger partial charge in [0.2, 0.25) is 5.91 Å². The summed E-state index contributed by atoms with van der Waals surface area (Å²) in [6.45, 7) is 4.94. The molecule has 0 aromatic heterocycles. The van der Waals surface area contributed by atoms with Gasteiger partial charge in [-0.25, -0.2) is 0 Å². The summed E-state index contributed by atoms with van der Waals surface area (Å²) in [5.41, 5.74) is 2.89. The Morgan fingerprint density at radius 1 is 0.906 bits per heavy atom. The lowest BCUT2D eigenvalue weighted by Gasteiger charge is -2.13. The van der Waals surface area contributed by atoms with E-state index in [1.54, 1.807) is 0 Å². The quantitative estimate of drug-likeness (QED) is 0.349. The fraction of sp³-hybridized carbons (Fsp3) is 0.296. The van der Waals surface area contributed by atoms with Crippen molar-refractivity contribution < 1.29 is 14.3 Å². The fourth-order valence-electron chi connectivity index (χ4n) is 3.13. The molecular formula is C27H32N2O3. The van der Waals surface area contributed by atoms with Crippen LogP contribution in [-0.4, -0.2) is 25.2 Å². The highest BCUT2D eigenvalue weighted by atomic mass is 16.5. The molecule has 0 heterocycles. The van der Waals surface area contributed by atoms with Crippen LogP contribution in [-0.2, 0) is 11.2 Å². The van der Waals surface area contributed by atoms with Crippen LogP contribution in [0.5, 0.6) is 11.5 Å². The molecule has 0 fully saturated rings. The number of hydrogen-bond donors (Lipinski definition) is 2. The number of aryl methyl sites for hydroxylation is 1. The lowest BCUT2D eigenvalue weighted by Crippen LogP contribution is -2.21. The average Bonchev–Trinajstić information content (AvgIpc) is 2.82. The van der Waals surface area contributed by atoms with Gasteiger partial charge in [0, 0.05) is 17.4 Å². The van der Waals surface area contributed by atoms with Gasteiger partial charge in [0.05, 0.1) is 19.3 Å². The van der Waals surface area contributed by atoms with Crippen molar-refractivity contribution in [2.24, 2.45) is 0 Å². The first-order chi connectivity index (χ1) is 15.6. The van der Waals surface area contributed by atoms with Crippen molar-refractivity contribution in [3.8, 4) is 11.5 Å². The fourth-order valence-corrected chi connectivity index (χ4v) is 3.13. The van der Waals surface area contributed by atoms with Crippen molar-refractivity contribution in [3.63, 3.8) is 0 Å². The summed E-state index contributed by atoms with van der Waals surface area (Å²) < 4.78 is 11.6. The molecule has 0 saturated heterocycles. The van der Waals surface area contributed by atoms with E-state index in [1.165, 1.54) is 5.56 Å². The zero-order valence-electron chi connectivity index (χ0n) is 18.8. The molecule has 1 atom stereocenters. The number of carbonyl (C=O) groups excluding carboxylic acids is 1. The number of benzene rings is 3. The van der Waals surface area contributed by atoms with Gasteiger partial charge in [-0.15, -0.1) is 0 Å². The van der Waals surface area contributed by atoms with E-state index in [0.717, 1.165) is 42.1 Å². The van der Waals surface area contributed by atoms with Crippen molar-refractivity contribution in [1.82, 2.24) is 0 Å². The molecule has 2 N–H and O–H groups in total. The van der Waals surface area contributed by atoms with E-state index in [0.29, 0.717) is 6.61 Å². The summed E-state index contributed by atoms with van der Waals surface area (Å²) in [6, 6.07) is 25.5. The van der Waals surface area contributed by atoms with Crippen molar-refractivity contribution in [2.45, 2.75) is 39.2 Å². The summed E-state index contributed by atoms with van der Waals surface area (Å²) in [6.07, 6.45) is 3.06. The molecule has 0 aliphatic carbocycles. The van der Waals surface area contributed by atoms with Gasteiger partial charge in [0.25, 0.3) is 0 Å². The molecule has 1 unspecified atom stereocenters. The van der Waals surface area contributed by atoms with E-state index in [4.69, 9.17) is 9.47 Å². The first-order valence-corrected chi connectivity index (χ1v) is 11.2. The second-order valence-corrected chi connectivity index (χ2v) is 7.73. The lowest BCUT2D eigenvalue weighted by molar-refractivity contribution is -0.114. The zero-order valence-corrected chi connectivity index (χ0v) is 18.8. The van der Waals surface area contributed by atoms with Gasteiger partial charge in [0.1, 0.15) is 11.5 Å². The lowest BCUT2D eigenvalue weighted by atomic mass is 10.1. The van der Waals surface area contributed by atoms with Crippen LogP contribution in [0.25, 0.3) is 0 Å². The van der Waals surface area contributed by atoms with Crippen LogP contribution < -0.4 is 20.1 Å². The van der Waals surface area contributed by atoms with E-state index in [9.17, 15) is 4.79 Å². The average molecular weight is 433 g/mol. The molecule has 0 radical (unpaired) electrons. The number of ether oxygens (including phenoxy) is 2. The van der Waals surface area contributed by atoms with Crippen molar-refractivity contribution in [3.05, 3.63) is 84.4 Å². The predicted octanol–water partition coefficient (Wildman–Crippen LogP) is 5.93. The summed E-state index contributed by atoms with van der Waals surface area (Å²) in [4.78, 5) is 12.3. The SMILES string of the molecule is CCC(C)Oc1ccc(NCC(=O)Nc2cccc(OCCCc3ccccc3)c2)cc1. The van der Waals surface area contributed by atoms with E-state index in [2.05, 4.69) is 41.8 Å². The Hall–Kier alpha value is -3.47. The molecule has 5 nitrogen and oxygen atoms in total. The molecule has 0 spiro atoms. The van der Waals surface area contributed by atoms with Crippen LogP contribution in [0.3, 0.4) is 0 Å². The normalized spacial score (nSPS) is 11.4. The number of hydrogen-bond acceptors (Lipinski definition) is 4. The van der Waals surface area contributed by atoms with Gasteiger partial charge < -0.3 is 20.1 Å². The van der Waals surface area contributed by atoms with Gasteiger partial charge in [-0.3, -0.25) is 4.79 Å². The van der Waals surface area contributed by atoms with Gasteiger partial charge in [0.15, 0.2) is 0 Å². The van der Waals surface area contributed by atoms with Gasteiger partial charge in [-0.2, -0.15) is 0 Å². The summed E-state index contributed by atoms with van der Waals surface area (Å²) >= 11 is 0. The molecule has 32 heavy (non-hydrogen) atoms. The second-order valence-electron chi connectivity index (χ2n) is 7.73. The highest BCUT2D eigenvalue weighted by Crippen LogP contribution is 2.19. The minimum atomic E-state index is -0.119. The number of nitrogens with one attached hydrogen (secondary N) is 2. The van der Waals surface area contributed by atoms with E-state index < -0.39 is 0 Å². The number of rotatable bonds is 12. The van der Waals surface area contributed by atoms with Gasteiger partial charge >= 0.3 is 0 Å². The Morgan fingerprint density at radius 3 is 2.44 bits per heavy atom. The molecule has 0 bridgehead atoms. The van der Waals surface area contributed by atoms with E-state index in [1.807, 2.05) is 61.5 Å². The van der Waals surface area contributed by atoms with Crippen LogP contribution in [0.1, 0.15) is 32.3 Å². The Morgan fingerprint density at radius 2 is 1.69 bits per heavy atom. The topological polar surface area (TPSA) is 59.6 Å². The molecule has 1 amide bonds. The standard InChI is InChI=1S/C27H32N2O3/c1-3-21(2)32-25-16-14-23(15-17-25)28-20-27(30)29-24-12-7-13-26(19-24)31-18-8-11-22-9-5-4-6-10-22/h4-7,9-10,12-17,19,21,28H,3,8,11,18,20H2,1-2H3,(H,29,30). The van der Waals surface area contributed by atoms with Crippen LogP contribution in [0.15, 0.2) is 78.9 Å². The zero-order chi connectivity index (χ0) is 22.6. The van der Waals surface area contributed by atoms with Gasteiger partial charge in [-0.1, -0.05) is 43.3 Å². The third-order valence-corrected chi connectivity index (χ3v) is 5.06. The summed E-state index contributed by atoms with van der Waals surface area (Å²) in [5.74, 6) is 1.46. The Kier molecular flexibility index (Phi) is 8.99. The maximum atomic E-state index is 12.3. The molecule has 0 aliphatic rings. The Balaban J connectivity index is 1.40. The minimum Gasteiger partial charge on any atom is -0.494 e. The molecule has 0 aliphatic heterocycles. The summed E-state index contributed by atoms with van der Waals surface area (Å²) in [5, 5.41) is 6.04. The minimum absolute atomic E-state index is 0.119. The first-order valence-electron chi connectivity index (χ1n) is 11.2. The van der Waals surface area contributed by atoms with Crippen LogP contribution in [0.4, 0.5) is 11.4 Å². The number of anilines is 2. The number of carbonyl (C=O) groups is 1. The predicted molar refractivity (Wildman–Crippen MR) is 131 cm³/mol. The van der Waals surface area contributed by atoms with E-state index in [-0.39, 0.29) is 18.6 Å². The highest BCUT2D eigenvalue weighted by Gasteiger charge is 2.05. The molecule has 0 saturated carbocycles. The third kappa shape index (κ3) is 7.99. The van der Waals surface area contributed by atoms with Crippen molar-refractivity contribution in [2.75, 3.05) is 23.8 Å². The molecule has 3 aromatic carbocycles. The summed E-state index contributed by atoms with van der Waals surface area (Å²) in [7, 11) is 0. The molecule has 5 heteroatoms. The first kappa shape index (κ1) is 23.2. The third-order valence-electron chi connectivity index (χ3n) is 5.06. The number of amides is 1. The van der Waals surface area contributed by atoms with E-state index >= 15 is 0 Å². The molecule has 168 valence electrons. The Bertz CT molecular complexity index is 958. The molecule has 3 rings (SSSR count). The smallest absolute Gasteiger partial charge is 0.243 e. The highest BCUT2D eigenvalue weighted by molar-refractivity contribution is 5.93. The van der Waals surface area contributed by atoms with Crippen LogP contribution in [0.2, 0.25) is 0 Å². The van der Waals surface area contributed by atoms with Gasteiger partial charge in [-0.05, 0) is 68.1 Å². The van der Waals surface area contributed by atoms with Crippen LogP contribution >= 0.6 is 0 Å². The maximum Gasteiger partial charge on any atom is 0.243 e. The second kappa shape index (κ2) is 12.4. The monoisotopic (exact) mass is 432 g/mol. The largest absolute Gasteiger partial charge is 0.494 e. The van der Waals surface area contributed by atoms with Crippen LogP contribution in [0, 0.1) is 0 Å². The maximum absolute atomic E-state index is 12.3. The molecule has 3 aromatic rings. The van der Waals surface area contributed by atoms with Crippen molar-refractivity contribution in [1.29, 1.82) is 0 Å². The molecular weight excluding hydrogens is 400 g/mol. The van der Waals surface area contributed by atoms with Crippen molar-refractivity contribution >= 4 is 17.3 Å². The Labute approximate surface area is 190 Å².